The Balaban J connectivity index is 0.00000456. The van der Waals surface area contributed by atoms with Crippen LogP contribution in [0.5, 0.6) is 11.5 Å². The number of carboxylic acids is 1. The van der Waals surface area contributed by atoms with Gasteiger partial charge in [-0.25, -0.2) is 18.2 Å². The van der Waals surface area contributed by atoms with Crippen molar-refractivity contribution in [1.82, 2.24) is 20.5 Å². The van der Waals surface area contributed by atoms with E-state index in [4.69, 9.17) is 4.74 Å². The van der Waals surface area contributed by atoms with Crippen LogP contribution in [-0.4, -0.2) is 73.8 Å². The summed E-state index contributed by atoms with van der Waals surface area (Å²) in [4.78, 5) is 30.8. The second kappa shape index (κ2) is 13.0. The molecule has 0 aliphatic carbocycles. The highest BCUT2D eigenvalue weighted by molar-refractivity contribution is 7.89. The number of guanidine groups is 1. The fourth-order valence-corrected chi connectivity index (χ4v) is 4.21. The maximum absolute atomic E-state index is 13.1. The summed E-state index contributed by atoms with van der Waals surface area (Å²) in [6, 6.07) is 9.45. The number of ether oxygens (including phenoxy) is 1. The molecule has 0 spiro atoms. The molecular weight excluding hydrogens is 514 g/mol. The largest absolute Gasteiger partial charge is 0.507 e. The summed E-state index contributed by atoms with van der Waals surface area (Å²) < 4.78 is 31.0. The third-order valence-electron chi connectivity index (χ3n) is 5.00. The number of amides is 1. The van der Waals surface area contributed by atoms with Crippen LogP contribution in [-0.2, 0) is 14.8 Å². The summed E-state index contributed by atoms with van der Waals surface area (Å²) in [6.07, 6.45) is 0.975. The maximum atomic E-state index is 13.1. The number of benzene rings is 2. The molecule has 14 heteroatoms. The second-order valence-electron chi connectivity index (χ2n) is 7.56. The predicted molar refractivity (Wildman–Crippen MR) is 134 cm³/mol. The summed E-state index contributed by atoms with van der Waals surface area (Å²) in [6.45, 7) is 3.42. The third-order valence-corrected chi connectivity index (χ3v) is 6.33. The standard InChI is InChI=1S/C22H27N5O7S.ClH/c1-15(21(30)31)27(26-35(32,33)17-6-3-2-4-7-17)20(29)18-9-8-16(14-19(18)28)34-13-12-25-22-23-10-5-11-24-22;/h2-4,6-9,14-15,26,28H,5,10-13H2,1H3,(H,30,31)(H2,23,24,25);1H. The molecule has 0 bridgehead atoms. The van der Waals surface area contributed by atoms with Crippen LogP contribution in [0.4, 0.5) is 0 Å². The molecule has 1 unspecified atom stereocenters. The van der Waals surface area contributed by atoms with E-state index >= 15 is 0 Å². The van der Waals surface area contributed by atoms with E-state index in [1.54, 1.807) is 6.07 Å². The second-order valence-corrected chi connectivity index (χ2v) is 9.22. The Morgan fingerprint density at radius 1 is 1.22 bits per heavy atom. The molecule has 0 radical (unpaired) electrons. The van der Waals surface area contributed by atoms with Gasteiger partial charge in [-0.1, -0.05) is 18.2 Å². The molecule has 5 N–H and O–H groups in total. The highest BCUT2D eigenvalue weighted by atomic mass is 35.5. The first-order chi connectivity index (χ1) is 16.7. The molecule has 12 nitrogen and oxygen atoms in total. The summed E-state index contributed by atoms with van der Waals surface area (Å²) in [5.74, 6) is -2.04. The Labute approximate surface area is 214 Å². The van der Waals surface area contributed by atoms with Gasteiger partial charge >= 0.3 is 5.97 Å². The molecule has 0 aromatic heterocycles. The number of carbonyl (C=O) groups excluding carboxylic acids is 1. The highest BCUT2D eigenvalue weighted by Crippen LogP contribution is 2.25. The molecular formula is C22H28ClN5O7S. The topological polar surface area (TPSA) is 170 Å². The highest BCUT2D eigenvalue weighted by Gasteiger charge is 2.32. The van der Waals surface area contributed by atoms with Gasteiger partial charge in [-0.05, 0) is 37.6 Å². The fourth-order valence-electron chi connectivity index (χ4n) is 3.09. The van der Waals surface area contributed by atoms with Crippen LogP contribution in [0, 0.1) is 0 Å². The van der Waals surface area contributed by atoms with Gasteiger partial charge in [0, 0.05) is 19.2 Å². The zero-order valence-corrected chi connectivity index (χ0v) is 21.0. The van der Waals surface area contributed by atoms with Crippen molar-refractivity contribution < 1.29 is 33.0 Å². The summed E-state index contributed by atoms with van der Waals surface area (Å²) in [7, 11) is -4.27. The number of nitrogens with one attached hydrogen (secondary N) is 3. The lowest BCUT2D eigenvalue weighted by Gasteiger charge is -2.27. The van der Waals surface area contributed by atoms with Gasteiger partial charge in [-0.15, -0.1) is 17.2 Å². The van der Waals surface area contributed by atoms with E-state index in [0.717, 1.165) is 26.4 Å². The Morgan fingerprint density at radius 3 is 2.56 bits per heavy atom. The number of rotatable bonds is 10. The van der Waals surface area contributed by atoms with Crippen molar-refractivity contribution in [3.63, 3.8) is 0 Å². The molecule has 2 aromatic carbocycles. The first-order valence-corrected chi connectivity index (χ1v) is 12.3. The molecule has 1 heterocycles. The molecule has 1 aliphatic heterocycles. The molecule has 3 rings (SSSR count). The Hall–Kier alpha value is -3.55. The van der Waals surface area contributed by atoms with Crippen molar-refractivity contribution in [1.29, 1.82) is 0 Å². The lowest BCUT2D eigenvalue weighted by Crippen LogP contribution is -2.53. The number of hydrogen-bond acceptors (Lipinski definition) is 9. The Morgan fingerprint density at radius 2 is 1.94 bits per heavy atom. The molecule has 0 saturated heterocycles. The number of carboxylic acid groups (broad SMARTS) is 1. The molecule has 1 amide bonds. The summed E-state index contributed by atoms with van der Waals surface area (Å²) >= 11 is 0. The third kappa shape index (κ3) is 7.47. The first kappa shape index (κ1) is 28.7. The zero-order valence-electron chi connectivity index (χ0n) is 19.4. The quantitative estimate of drug-likeness (QED) is 0.217. The van der Waals surface area contributed by atoms with E-state index in [-0.39, 0.29) is 35.2 Å². The average molecular weight is 542 g/mol. The smallest absolute Gasteiger partial charge is 0.327 e. The number of hydrazine groups is 1. The first-order valence-electron chi connectivity index (χ1n) is 10.8. The number of phenols is 1. The minimum atomic E-state index is -4.27. The normalized spacial score (nSPS) is 13.9. The average Bonchev–Trinajstić information content (AvgIpc) is 2.85. The molecule has 196 valence electrons. The molecule has 2 aromatic rings. The van der Waals surface area contributed by atoms with Gasteiger partial charge in [-0.2, -0.15) is 0 Å². The Kier molecular flexibility index (Phi) is 10.3. The van der Waals surface area contributed by atoms with E-state index in [1.165, 1.54) is 42.5 Å². The number of hydrogen-bond donors (Lipinski definition) is 5. The van der Waals surface area contributed by atoms with E-state index in [0.29, 0.717) is 17.5 Å². The van der Waals surface area contributed by atoms with E-state index in [9.17, 15) is 28.2 Å². The lowest BCUT2D eigenvalue weighted by molar-refractivity contribution is -0.142. The minimum Gasteiger partial charge on any atom is -0.507 e. The minimum absolute atomic E-state index is 0. The van der Waals surface area contributed by atoms with Crippen LogP contribution < -0.4 is 20.2 Å². The number of aliphatic imine (C=N–C) groups is 1. The lowest BCUT2D eigenvalue weighted by atomic mass is 10.1. The van der Waals surface area contributed by atoms with Crippen molar-refractivity contribution in [2.75, 3.05) is 26.2 Å². The van der Waals surface area contributed by atoms with Gasteiger partial charge in [-0.3, -0.25) is 9.79 Å². The van der Waals surface area contributed by atoms with Crippen molar-refractivity contribution in [2.24, 2.45) is 4.99 Å². The van der Waals surface area contributed by atoms with E-state index < -0.39 is 33.7 Å². The van der Waals surface area contributed by atoms with E-state index in [1.807, 2.05) is 4.83 Å². The van der Waals surface area contributed by atoms with Crippen molar-refractivity contribution in [2.45, 2.75) is 24.3 Å². The zero-order chi connectivity index (χ0) is 25.4. The fraction of sp³-hybridized carbons (Fsp3) is 0.318. The number of halogens is 1. The number of carbonyl (C=O) groups is 2. The number of sulfonamides is 1. The van der Waals surface area contributed by atoms with Crippen LogP contribution >= 0.6 is 12.4 Å². The number of aliphatic carboxylic acids is 1. The van der Waals surface area contributed by atoms with Gasteiger partial charge in [0.15, 0.2) is 5.96 Å². The van der Waals surface area contributed by atoms with Crippen molar-refractivity contribution in [3.8, 4) is 11.5 Å². The summed E-state index contributed by atoms with van der Waals surface area (Å²) in [5.41, 5.74) is -0.305. The predicted octanol–water partition coefficient (Wildman–Crippen LogP) is 0.940. The monoisotopic (exact) mass is 541 g/mol. The van der Waals surface area contributed by atoms with Crippen LogP contribution in [0.2, 0.25) is 0 Å². The van der Waals surface area contributed by atoms with E-state index in [2.05, 4.69) is 15.6 Å². The number of aromatic hydroxyl groups is 1. The number of phenolic OH excluding ortho intramolecular Hbond substituents is 1. The van der Waals surface area contributed by atoms with Gasteiger partial charge in [0.25, 0.3) is 15.9 Å². The van der Waals surface area contributed by atoms with Crippen molar-refractivity contribution in [3.05, 3.63) is 54.1 Å². The van der Waals surface area contributed by atoms with Gasteiger partial charge in [0.05, 0.1) is 17.0 Å². The summed E-state index contributed by atoms with van der Waals surface area (Å²) in [5, 5.41) is 26.5. The molecule has 1 aliphatic rings. The van der Waals surface area contributed by atoms with Crippen LogP contribution in [0.1, 0.15) is 23.7 Å². The van der Waals surface area contributed by atoms with Gasteiger partial charge in [0.1, 0.15) is 24.1 Å². The van der Waals surface area contributed by atoms with Crippen LogP contribution in [0.3, 0.4) is 0 Å². The maximum Gasteiger partial charge on any atom is 0.327 e. The van der Waals surface area contributed by atoms with Gasteiger partial charge < -0.3 is 25.6 Å². The van der Waals surface area contributed by atoms with Crippen LogP contribution in [0.15, 0.2) is 58.4 Å². The molecule has 0 fully saturated rings. The van der Waals surface area contributed by atoms with Crippen LogP contribution in [0.25, 0.3) is 0 Å². The molecule has 0 saturated carbocycles. The number of nitrogens with zero attached hydrogens (tertiary/aromatic N) is 2. The molecule has 36 heavy (non-hydrogen) atoms. The Bertz CT molecular complexity index is 1190. The van der Waals surface area contributed by atoms with Gasteiger partial charge in [0.2, 0.25) is 0 Å². The molecule has 1 atom stereocenters. The SMILES string of the molecule is CC(C(=O)O)N(NS(=O)(=O)c1ccccc1)C(=O)c1ccc(OCCNC2=NCCCN2)cc1O.Cl. The van der Waals surface area contributed by atoms with Crippen molar-refractivity contribution >= 4 is 40.3 Å².